The van der Waals surface area contributed by atoms with Crippen molar-refractivity contribution >= 4 is 5.69 Å². The number of halogens is 1. The van der Waals surface area contributed by atoms with Gasteiger partial charge in [-0.3, -0.25) is 0 Å². The first-order chi connectivity index (χ1) is 8.13. The molecule has 0 unspecified atom stereocenters. The Balaban J connectivity index is 2.56. The minimum Gasteiger partial charge on any atom is -0.497 e. The number of nitrogens with two attached hydrogens (primary N) is 1. The van der Waals surface area contributed by atoms with Gasteiger partial charge in [0.2, 0.25) is 0 Å². The van der Waals surface area contributed by atoms with Crippen molar-refractivity contribution in [1.82, 2.24) is 0 Å². The molecule has 0 radical (unpaired) electrons. The molecule has 17 heavy (non-hydrogen) atoms. The molecular formula is C14H14FNO. The highest BCUT2D eigenvalue weighted by Crippen LogP contribution is 2.29. The molecule has 0 fully saturated rings. The van der Waals surface area contributed by atoms with Gasteiger partial charge in [-0.25, -0.2) is 4.39 Å². The summed E-state index contributed by atoms with van der Waals surface area (Å²) in [6.45, 7) is 1.67. The molecule has 2 nitrogen and oxygen atoms in total. The zero-order valence-electron chi connectivity index (χ0n) is 9.83. The zero-order chi connectivity index (χ0) is 12.4. The molecule has 0 aliphatic rings. The second-order valence-electron chi connectivity index (χ2n) is 3.87. The lowest BCUT2D eigenvalue weighted by Crippen LogP contribution is -1.95. The third-order valence-electron chi connectivity index (χ3n) is 2.81. The van der Waals surface area contributed by atoms with E-state index in [2.05, 4.69) is 0 Å². The minimum atomic E-state index is -0.279. The average Bonchev–Trinajstić information content (AvgIpc) is 2.36. The van der Waals surface area contributed by atoms with Crippen molar-refractivity contribution in [1.29, 1.82) is 0 Å². The van der Waals surface area contributed by atoms with E-state index in [1.54, 1.807) is 32.2 Å². The van der Waals surface area contributed by atoms with Crippen molar-refractivity contribution in [2.75, 3.05) is 12.8 Å². The van der Waals surface area contributed by atoms with Crippen LogP contribution < -0.4 is 10.5 Å². The Hall–Kier alpha value is -2.03. The van der Waals surface area contributed by atoms with Crippen LogP contribution in [0, 0.1) is 12.7 Å². The molecule has 2 aromatic carbocycles. The normalized spacial score (nSPS) is 10.3. The lowest BCUT2D eigenvalue weighted by Gasteiger charge is -2.09. The van der Waals surface area contributed by atoms with E-state index in [0.29, 0.717) is 22.6 Å². The van der Waals surface area contributed by atoms with E-state index in [4.69, 9.17) is 10.5 Å². The van der Waals surface area contributed by atoms with Crippen molar-refractivity contribution in [3.63, 3.8) is 0 Å². The Bertz CT molecular complexity index is 552. The molecule has 88 valence electrons. The molecule has 3 heteroatoms. The van der Waals surface area contributed by atoms with Gasteiger partial charge in [-0.15, -0.1) is 0 Å². The summed E-state index contributed by atoms with van der Waals surface area (Å²) >= 11 is 0. The Morgan fingerprint density at radius 1 is 1.18 bits per heavy atom. The molecule has 0 aliphatic carbocycles. The Morgan fingerprint density at radius 3 is 2.65 bits per heavy atom. The maximum absolute atomic E-state index is 14.1. The highest BCUT2D eigenvalue weighted by Gasteiger charge is 2.10. The van der Waals surface area contributed by atoms with E-state index in [0.717, 1.165) is 5.56 Å². The fraction of sp³-hybridized carbons (Fsp3) is 0.143. The predicted octanol–water partition coefficient (Wildman–Crippen LogP) is 3.39. The maximum Gasteiger partial charge on any atom is 0.135 e. The van der Waals surface area contributed by atoms with Gasteiger partial charge in [0, 0.05) is 16.8 Å². The van der Waals surface area contributed by atoms with Gasteiger partial charge >= 0.3 is 0 Å². The molecule has 2 N–H and O–H groups in total. The highest BCUT2D eigenvalue weighted by atomic mass is 19.1. The quantitative estimate of drug-likeness (QED) is 0.804. The largest absolute Gasteiger partial charge is 0.497 e. The van der Waals surface area contributed by atoms with E-state index in [1.807, 2.05) is 18.2 Å². The van der Waals surface area contributed by atoms with Crippen molar-refractivity contribution in [2.24, 2.45) is 0 Å². The predicted molar refractivity (Wildman–Crippen MR) is 67.5 cm³/mol. The average molecular weight is 231 g/mol. The summed E-state index contributed by atoms with van der Waals surface area (Å²) in [6.07, 6.45) is 0. The van der Waals surface area contributed by atoms with Gasteiger partial charge in [0.25, 0.3) is 0 Å². The molecule has 0 bridgehead atoms. The Labute approximate surface area is 99.8 Å². The lowest BCUT2D eigenvalue weighted by molar-refractivity contribution is 0.415. The molecule has 0 aliphatic heterocycles. The van der Waals surface area contributed by atoms with Crippen LogP contribution in [0.4, 0.5) is 10.1 Å². The lowest BCUT2D eigenvalue weighted by atomic mass is 10.0. The van der Waals surface area contributed by atoms with Crippen LogP contribution >= 0.6 is 0 Å². The molecule has 0 saturated carbocycles. The second kappa shape index (κ2) is 4.45. The van der Waals surface area contributed by atoms with Crippen LogP contribution in [0.15, 0.2) is 36.4 Å². The van der Waals surface area contributed by atoms with Gasteiger partial charge in [-0.1, -0.05) is 12.1 Å². The number of nitrogen functional groups attached to an aromatic ring is 1. The third-order valence-corrected chi connectivity index (χ3v) is 2.81. The SMILES string of the molecule is COc1cccc(-c2ccc(N)c(C)c2F)c1. The molecule has 0 saturated heterocycles. The van der Waals surface area contributed by atoms with Gasteiger partial charge in [0.05, 0.1) is 7.11 Å². The first kappa shape index (κ1) is 11.5. The van der Waals surface area contributed by atoms with E-state index < -0.39 is 0 Å². The molecular weight excluding hydrogens is 217 g/mol. The van der Waals surface area contributed by atoms with Gasteiger partial charge in [0.1, 0.15) is 11.6 Å². The molecule has 0 heterocycles. The van der Waals surface area contributed by atoms with E-state index in [9.17, 15) is 4.39 Å². The number of benzene rings is 2. The molecule has 0 aromatic heterocycles. The van der Waals surface area contributed by atoms with Crippen LogP contribution in [0.2, 0.25) is 0 Å². The summed E-state index contributed by atoms with van der Waals surface area (Å²) in [7, 11) is 1.59. The summed E-state index contributed by atoms with van der Waals surface area (Å²) in [6, 6.07) is 10.7. The van der Waals surface area contributed by atoms with E-state index in [-0.39, 0.29) is 5.82 Å². The van der Waals surface area contributed by atoms with Crippen LogP contribution in [-0.4, -0.2) is 7.11 Å². The first-order valence-corrected chi connectivity index (χ1v) is 5.32. The second-order valence-corrected chi connectivity index (χ2v) is 3.87. The van der Waals surface area contributed by atoms with Crippen molar-refractivity contribution in [3.05, 3.63) is 47.8 Å². The first-order valence-electron chi connectivity index (χ1n) is 5.32. The summed E-state index contributed by atoms with van der Waals surface area (Å²) in [5, 5.41) is 0. The van der Waals surface area contributed by atoms with Crippen molar-refractivity contribution in [3.8, 4) is 16.9 Å². The van der Waals surface area contributed by atoms with E-state index in [1.165, 1.54) is 0 Å². The Morgan fingerprint density at radius 2 is 1.94 bits per heavy atom. The molecule has 2 rings (SSSR count). The topological polar surface area (TPSA) is 35.2 Å². The van der Waals surface area contributed by atoms with Crippen molar-refractivity contribution < 1.29 is 9.13 Å². The third kappa shape index (κ3) is 2.09. The van der Waals surface area contributed by atoms with Crippen LogP contribution in [0.25, 0.3) is 11.1 Å². The summed E-state index contributed by atoms with van der Waals surface area (Å²) in [5.74, 6) is 0.426. The smallest absolute Gasteiger partial charge is 0.135 e. The number of rotatable bonds is 2. The number of anilines is 1. The van der Waals surface area contributed by atoms with Gasteiger partial charge in [-0.05, 0) is 36.8 Å². The van der Waals surface area contributed by atoms with Crippen LogP contribution in [0.1, 0.15) is 5.56 Å². The van der Waals surface area contributed by atoms with Crippen molar-refractivity contribution in [2.45, 2.75) is 6.92 Å². The van der Waals surface area contributed by atoms with Crippen LogP contribution in [0.5, 0.6) is 5.75 Å². The molecule has 0 spiro atoms. The number of hydrogen-bond donors (Lipinski definition) is 1. The van der Waals surface area contributed by atoms with Gasteiger partial charge in [-0.2, -0.15) is 0 Å². The summed E-state index contributed by atoms with van der Waals surface area (Å²) in [4.78, 5) is 0. The number of ether oxygens (including phenoxy) is 1. The summed E-state index contributed by atoms with van der Waals surface area (Å²) in [5.41, 5.74) is 7.92. The standard InChI is InChI=1S/C14H14FNO/c1-9-13(16)7-6-12(14(9)15)10-4-3-5-11(8-10)17-2/h3-8H,16H2,1-2H3. The minimum absolute atomic E-state index is 0.279. The maximum atomic E-state index is 14.1. The number of methoxy groups -OCH3 is 1. The van der Waals surface area contributed by atoms with Gasteiger partial charge in [0.15, 0.2) is 0 Å². The van der Waals surface area contributed by atoms with E-state index >= 15 is 0 Å². The summed E-state index contributed by atoms with van der Waals surface area (Å²) < 4.78 is 19.2. The Kier molecular flexibility index (Phi) is 3.00. The van der Waals surface area contributed by atoms with Crippen LogP contribution in [-0.2, 0) is 0 Å². The zero-order valence-corrected chi connectivity index (χ0v) is 9.83. The molecule has 2 aromatic rings. The fourth-order valence-corrected chi connectivity index (χ4v) is 1.71. The number of hydrogen-bond acceptors (Lipinski definition) is 2. The van der Waals surface area contributed by atoms with Gasteiger partial charge < -0.3 is 10.5 Å². The molecule has 0 amide bonds. The fourth-order valence-electron chi connectivity index (χ4n) is 1.71. The molecule has 0 atom stereocenters. The highest BCUT2D eigenvalue weighted by molar-refractivity contribution is 5.69. The monoisotopic (exact) mass is 231 g/mol. The van der Waals surface area contributed by atoms with Crippen LogP contribution in [0.3, 0.4) is 0 Å².